The largest absolute Gasteiger partial charge is 0.478 e. The van der Waals surface area contributed by atoms with E-state index in [0.717, 1.165) is 0 Å². The van der Waals surface area contributed by atoms with E-state index in [9.17, 15) is 14.3 Å². The van der Waals surface area contributed by atoms with Crippen LogP contribution in [0.25, 0.3) is 0 Å². The Hall–Kier alpha value is -1.58. The Morgan fingerprint density at radius 1 is 1.46 bits per heavy atom. The minimum absolute atomic E-state index is 0.0680. The maximum absolute atomic E-state index is 13.9. The highest BCUT2D eigenvalue weighted by Crippen LogP contribution is 2.37. The van der Waals surface area contributed by atoms with Crippen molar-refractivity contribution >= 4 is 55.0 Å². The zero-order chi connectivity index (χ0) is 17.3. The molecule has 1 aliphatic heterocycles. The quantitative estimate of drug-likeness (QED) is 0.659. The van der Waals surface area contributed by atoms with Gasteiger partial charge in [0.15, 0.2) is 10.8 Å². The molecule has 124 valence electrons. The van der Waals surface area contributed by atoms with Gasteiger partial charge in [0, 0.05) is 22.6 Å². The number of hydrogen-bond donors (Lipinski definition) is 2. The highest BCUT2D eigenvalue weighted by Gasteiger charge is 2.32. The summed E-state index contributed by atoms with van der Waals surface area (Å²) in [6.07, 6.45) is 1.64. The fourth-order valence-electron chi connectivity index (χ4n) is 2.36. The Kier molecular flexibility index (Phi) is 5.12. The molecule has 2 heterocycles. The Morgan fingerprint density at radius 2 is 2.25 bits per heavy atom. The maximum atomic E-state index is 13.9. The van der Waals surface area contributed by atoms with Crippen LogP contribution in [0.1, 0.15) is 16.6 Å². The number of allylic oxidation sites excluding steroid dienone is 1. The van der Waals surface area contributed by atoms with Crippen molar-refractivity contribution in [1.82, 2.24) is 10.3 Å². The van der Waals surface area contributed by atoms with E-state index in [1.54, 1.807) is 17.6 Å². The molecule has 2 aromatic rings. The van der Waals surface area contributed by atoms with Crippen LogP contribution in [-0.2, 0) is 4.79 Å². The number of aromatic nitrogens is 1. The molecule has 2 N–H and O–H groups in total. The van der Waals surface area contributed by atoms with E-state index in [2.05, 4.69) is 47.2 Å². The molecule has 0 aliphatic carbocycles. The molecule has 9 heteroatoms. The van der Waals surface area contributed by atoms with Gasteiger partial charge < -0.3 is 10.4 Å². The summed E-state index contributed by atoms with van der Waals surface area (Å²) in [5.74, 6) is -1.12. The lowest BCUT2D eigenvalue weighted by Crippen LogP contribution is -2.34. The Labute approximate surface area is 157 Å². The maximum Gasteiger partial charge on any atom is 0.335 e. The average molecular weight is 475 g/mol. The molecule has 0 saturated carbocycles. The zero-order valence-corrected chi connectivity index (χ0v) is 16.0. The van der Waals surface area contributed by atoms with Crippen LogP contribution in [0.5, 0.6) is 0 Å². The molecular formula is C15H10Br2FN3O2S. The number of alkyl halides is 1. The van der Waals surface area contributed by atoms with Gasteiger partial charge in [-0.1, -0.05) is 28.1 Å². The highest BCUT2D eigenvalue weighted by atomic mass is 79.9. The summed E-state index contributed by atoms with van der Waals surface area (Å²) in [6.45, 7) is 0. The lowest BCUT2D eigenvalue weighted by atomic mass is 9.96. The van der Waals surface area contributed by atoms with E-state index in [1.807, 2.05) is 0 Å². The van der Waals surface area contributed by atoms with Gasteiger partial charge in [-0.25, -0.2) is 14.2 Å². The Balaban J connectivity index is 2.19. The number of carboxylic acids is 1. The number of amidine groups is 1. The first-order valence-corrected chi connectivity index (χ1v) is 9.53. The van der Waals surface area contributed by atoms with Crippen molar-refractivity contribution in [3.05, 3.63) is 61.9 Å². The topological polar surface area (TPSA) is 74.6 Å². The van der Waals surface area contributed by atoms with Crippen LogP contribution in [0.15, 0.2) is 50.5 Å². The molecule has 1 unspecified atom stereocenters. The smallest absolute Gasteiger partial charge is 0.335 e. The van der Waals surface area contributed by atoms with Crippen molar-refractivity contribution in [2.24, 2.45) is 4.99 Å². The Bertz CT molecular complexity index is 852. The monoisotopic (exact) mass is 473 g/mol. The predicted molar refractivity (Wildman–Crippen MR) is 97.1 cm³/mol. The molecule has 1 aliphatic rings. The number of nitrogens with one attached hydrogen (secondary N) is 1. The van der Waals surface area contributed by atoms with E-state index < -0.39 is 17.8 Å². The molecule has 0 spiro atoms. The zero-order valence-electron chi connectivity index (χ0n) is 12.0. The van der Waals surface area contributed by atoms with Gasteiger partial charge in [-0.3, -0.25) is 4.99 Å². The number of aliphatic imine (C=N–C) groups is 1. The molecule has 1 aromatic carbocycles. The van der Waals surface area contributed by atoms with Crippen LogP contribution in [0.2, 0.25) is 0 Å². The number of rotatable bonds is 4. The van der Waals surface area contributed by atoms with Gasteiger partial charge >= 0.3 is 5.97 Å². The lowest BCUT2D eigenvalue weighted by molar-refractivity contribution is -0.133. The van der Waals surface area contributed by atoms with Gasteiger partial charge in [0.05, 0.1) is 10.0 Å². The van der Waals surface area contributed by atoms with Crippen molar-refractivity contribution < 1.29 is 14.3 Å². The third-order valence-corrected chi connectivity index (χ3v) is 5.58. The van der Waals surface area contributed by atoms with Crippen molar-refractivity contribution in [3.8, 4) is 0 Å². The molecular weight excluding hydrogens is 465 g/mol. The van der Waals surface area contributed by atoms with Crippen LogP contribution in [0.3, 0.4) is 0 Å². The molecule has 3 rings (SSSR count). The van der Waals surface area contributed by atoms with E-state index in [-0.39, 0.29) is 10.0 Å². The van der Waals surface area contributed by atoms with Gasteiger partial charge in [0.25, 0.3) is 0 Å². The van der Waals surface area contributed by atoms with Gasteiger partial charge in [-0.15, -0.1) is 11.3 Å². The fraction of sp³-hybridized carbons (Fsp3) is 0.133. The SMILES string of the molecule is O=C(O)C1=C(CBr)NC(c2nccs2)=NC1c1cccc(F)c1Br. The van der Waals surface area contributed by atoms with Crippen molar-refractivity contribution in [2.45, 2.75) is 6.04 Å². The number of thiazole rings is 1. The minimum atomic E-state index is -1.11. The molecule has 0 radical (unpaired) electrons. The average Bonchev–Trinajstić information content (AvgIpc) is 3.10. The van der Waals surface area contributed by atoms with Crippen LogP contribution in [-0.4, -0.2) is 27.2 Å². The second kappa shape index (κ2) is 7.12. The molecule has 5 nitrogen and oxygen atoms in total. The van der Waals surface area contributed by atoms with E-state index >= 15 is 0 Å². The van der Waals surface area contributed by atoms with E-state index in [1.165, 1.54) is 23.5 Å². The molecule has 0 fully saturated rings. The van der Waals surface area contributed by atoms with Gasteiger partial charge in [-0.2, -0.15) is 0 Å². The minimum Gasteiger partial charge on any atom is -0.478 e. The summed E-state index contributed by atoms with van der Waals surface area (Å²) in [5.41, 5.74) is 0.976. The van der Waals surface area contributed by atoms with E-state index in [4.69, 9.17) is 0 Å². The number of benzene rings is 1. The summed E-state index contributed by atoms with van der Waals surface area (Å²) in [6, 6.07) is 3.64. The number of aliphatic carboxylic acids is 1. The van der Waals surface area contributed by atoms with Crippen LogP contribution >= 0.6 is 43.2 Å². The summed E-state index contributed by atoms with van der Waals surface area (Å²) in [4.78, 5) is 20.5. The number of carbonyl (C=O) groups is 1. The first kappa shape index (κ1) is 17.2. The standard InChI is InChI=1S/C15H10Br2FN3O2S/c16-6-9-10(15(22)23)12(7-2-1-3-8(18)11(7)17)21-13(20-9)14-19-4-5-24-14/h1-5,12H,6H2,(H,20,21)(H,22,23). The number of halogens is 3. The molecule has 0 bridgehead atoms. The number of nitrogens with zero attached hydrogens (tertiary/aromatic N) is 2. The second-order valence-electron chi connectivity index (χ2n) is 4.82. The summed E-state index contributed by atoms with van der Waals surface area (Å²) < 4.78 is 14.1. The molecule has 0 amide bonds. The normalized spacial score (nSPS) is 17.5. The summed E-state index contributed by atoms with van der Waals surface area (Å²) in [5, 5.41) is 15.4. The van der Waals surface area contributed by atoms with Crippen molar-refractivity contribution in [2.75, 3.05) is 5.33 Å². The third kappa shape index (κ3) is 3.15. The van der Waals surface area contributed by atoms with Crippen molar-refractivity contribution in [3.63, 3.8) is 0 Å². The third-order valence-electron chi connectivity index (χ3n) is 3.40. The first-order chi connectivity index (χ1) is 11.5. The molecule has 1 atom stereocenters. The summed E-state index contributed by atoms with van der Waals surface area (Å²) >= 11 is 7.88. The molecule has 24 heavy (non-hydrogen) atoms. The highest BCUT2D eigenvalue weighted by molar-refractivity contribution is 9.10. The first-order valence-electron chi connectivity index (χ1n) is 6.73. The Morgan fingerprint density at radius 3 is 2.88 bits per heavy atom. The summed E-state index contributed by atoms with van der Waals surface area (Å²) in [7, 11) is 0. The number of carboxylic acid groups (broad SMARTS) is 1. The van der Waals surface area contributed by atoms with Gasteiger partial charge in [0.1, 0.15) is 11.9 Å². The fourth-order valence-corrected chi connectivity index (χ4v) is 3.87. The lowest BCUT2D eigenvalue weighted by Gasteiger charge is -2.25. The molecule has 0 saturated heterocycles. The van der Waals surface area contributed by atoms with Gasteiger partial charge in [-0.05, 0) is 27.6 Å². The predicted octanol–water partition coefficient (Wildman–Crippen LogP) is 3.87. The van der Waals surface area contributed by atoms with E-state index in [0.29, 0.717) is 27.4 Å². The van der Waals surface area contributed by atoms with Crippen molar-refractivity contribution in [1.29, 1.82) is 0 Å². The van der Waals surface area contributed by atoms with Crippen LogP contribution in [0.4, 0.5) is 4.39 Å². The second-order valence-corrected chi connectivity index (χ2v) is 7.06. The van der Waals surface area contributed by atoms with Crippen LogP contribution in [0, 0.1) is 5.82 Å². The number of hydrogen-bond acceptors (Lipinski definition) is 5. The van der Waals surface area contributed by atoms with Gasteiger partial charge in [0.2, 0.25) is 0 Å². The molecule has 1 aromatic heterocycles. The van der Waals surface area contributed by atoms with Crippen LogP contribution < -0.4 is 5.32 Å².